The molecule has 1 aliphatic rings. The average molecular weight is 619 g/mol. The predicted molar refractivity (Wildman–Crippen MR) is 196 cm³/mol. The van der Waals surface area contributed by atoms with Crippen LogP contribution in [0.3, 0.4) is 0 Å². The molecule has 1 aliphatic heterocycles. The maximum absolute atomic E-state index is 10.7. The molecule has 0 saturated heterocycles. The molecule has 0 fully saturated rings. The van der Waals surface area contributed by atoms with Gasteiger partial charge in [-0.2, -0.15) is 0 Å². The number of hydrogen-bond donors (Lipinski definition) is 2. The minimum Gasteiger partial charge on any atom is -0.457 e. The molecule has 0 amide bonds. The largest absolute Gasteiger partial charge is 0.457 e. The highest BCUT2D eigenvalue weighted by Crippen LogP contribution is 2.33. The molecule has 47 heavy (non-hydrogen) atoms. The molecule has 0 radical (unpaired) electrons. The van der Waals surface area contributed by atoms with Crippen LogP contribution in [0, 0.1) is 0 Å². The summed E-state index contributed by atoms with van der Waals surface area (Å²) in [5, 5.41) is 16.5. The monoisotopic (exact) mass is 618 g/mol. The molecule has 6 aromatic rings. The van der Waals surface area contributed by atoms with E-state index in [1.165, 1.54) is 0 Å². The third-order valence-corrected chi connectivity index (χ3v) is 9.47. The number of rotatable bonds is 9. The van der Waals surface area contributed by atoms with Gasteiger partial charge in [0.25, 0.3) is 0 Å². The van der Waals surface area contributed by atoms with Gasteiger partial charge in [0.05, 0.1) is 16.9 Å². The molecule has 5 aromatic carbocycles. The van der Waals surface area contributed by atoms with Crippen molar-refractivity contribution < 1.29 is 14.3 Å². The topological polar surface area (TPSA) is 67.0 Å². The van der Waals surface area contributed by atoms with Crippen LogP contribution in [0.4, 0.5) is 0 Å². The van der Waals surface area contributed by atoms with Gasteiger partial charge in [0.15, 0.2) is 7.28 Å². The quantitative estimate of drug-likeness (QED) is 0.161. The summed E-state index contributed by atoms with van der Waals surface area (Å²) in [4.78, 5) is 5.14. The fourth-order valence-electron chi connectivity index (χ4n) is 6.04. The number of nitrogens with zero attached hydrogens (tertiary/aromatic N) is 1. The van der Waals surface area contributed by atoms with Crippen molar-refractivity contribution >= 4 is 46.1 Å². The van der Waals surface area contributed by atoms with E-state index in [-0.39, 0.29) is 6.17 Å². The second kappa shape index (κ2) is 12.4. The van der Waals surface area contributed by atoms with Crippen molar-refractivity contribution in [2.75, 3.05) is 6.51 Å². The Balaban J connectivity index is 1.24. The van der Waals surface area contributed by atoms with E-state index in [0.717, 1.165) is 66.6 Å². The van der Waals surface area contributed by atoms with Gasteiger partial charge < -0.3 is 19.6 Å². The number of aliphatic hydroxyl groups is 1. The third-order valence-electron chi connectivity index (χ3n) is 9.47. The zero-order valence-electron chi connectivity index (χ0n) is 27.3. The molecule has 234 valence electrons. The number of nitrogens with one attached hydrogen (secondary N) is 1. The van der Waals surface area contributed by atoms with Crippen molar-refractivity contribution in [2.24, 2.45) is 4.99 Å². The molecule has 1 aromatic heterocycles. The van der Waals surface area contributed by atoms with Crippen molar-refractivity contribution in [3.8, 4) is 11.1 Å². The Morgan fingerprint density at radius 1 is 0.745 bits per heavy atom. The van der Waals surface area contributed by atoms with Gasteiger partial charge in [-0.15, -0.1) is 0 Å². The second-order valence-corrected chi connectivity index (χ2v) is 13.2. The minimum absolute atomic E-state index is 0.241. The van der Waals surface area contributed by atoms with Gasteiger partial charge in [0.2, 0.25) is 0 Å². The lowest BCUT2D eigenvalue weighted by Gasteiger charge is -2.37. The first-order valence-electron chi connectivity index (χ1n) is 16.2. The summed E-state index contributed by atoms with van der Waals surface area (Å²) in [6, 6.07) is 41.9. The molecule has 2 heterocycles. The number of hydrogen-bond acceptors (Lipinski definition) is 5. The Hall–Kier alpha value is -4.91. The maximum atomic E-state index is 10.7. The summed E-state index contributed by atoms with van der Waals surface area (Å²) in [6.07, 6.45) is 1.89. The van der Waals surface area contributed by atoms with Crippen LogP contribution in [-0.2, 0) is 4.74 Å². The van der Waals surface area contributed by atoms with E-state index in [4.69, 9.17) is 14.1 Å². The summed E-state index contributed by atoms with van der Waals surface area (Å²) in [7, 11) is 0.633. The van der Waals surface area contributed by atoms with Crippen LogP contribution < -0.4 is 10.8 Å². The molecule has 6 heteroatoms. The highest BCUT2D eigenvalue weighted by molar-refractivity contribution is 6.59. The van der Waals surface area contributed by atoms with E-state index in [9.17, 15) is 5.11 Å². The highest BCUT2D eigenvalue weighted by atomic mass is 16.5. The molecule has 0 aliphatic carbocycles. The van der Waals surface area contributed by atoms with Crippen LogP contribution in [0.15, 0.2) is 137 Å². The van der Waals surface area contributed by atoms with Crippen LogP contribution in [0.25, 0.3) is 38.8 Å². The van der Waals surface area contributed by atoms with Crippen LogP contribution in [0.2, 0.25) is 0 Å². The number of aliphatic imine (C=N–C) groups is 1. The summed E-state index contributed by atoms with van der Waals surface area (Å²) >= 11 is 0. The van der Waals surface area contributed by atoms with Crippen LogP contribution in [0.1, 0.15) is 50.6 Å². The zero-order chi connectivity index (χ0) is 32.6. The van der Waals surface area contributed by atoms with Crippen molar-refractivity contribution in [3.63, 3.8) is 0 Å². The molecule has 7 rings (SSSR count). The van der Waals surface area contributed by atoms with Crippen molar-refractivity contribution in [3.05, 3.63) is 144 Å². The first kappa shape index (κ1) is 30.7. The minimum atomic E-state index is -0.984. The molecule has 0 saturated carbocycles. The van der Waals surface area contributed by atoms with E-state index < -0.39 is 11.2 Å². The standard InChI is InChI=1S/C41H39BN2O3/c1-40(2,45)41(3,4)46-26-42-37-31(23-24-33-32-17-11-12-18-36(32)47-38(33)37)27-19-21-30(22-20-27)39-43-34(28-13-7-5-8-14-28)25-35(44-39)29-15-9-6-10-16-29/h5-25,39,42-43,45H,26H2,1-4H3. The number of benzene rings is 5. The van der Waals surface area contributed by atoms with E-state index >= 15 is 0 Å². The first-order chi connectivity index (χ1) is 22.7. The van der Waals surface area contributed by atoms with Gasteiger partial charge in [-0.1, -0.05) is 109 Å². The lowest BCUT2D eigenvalue weighted by atomic mass is 9.67. The SMILES string of the molecule is CC(C)(O)C(C)(C)OCBc1c(-c2ccc(C3N=C(c4ccccc4)C=C(c4ccccc4)N3)cc2)ccc2c1oc1ccccc12. The Morgan fingerprint density at radius 2 is 1.40 bits per heavy atom. The normalized spacial score (nSPS) is 15.3. The first-order valence-corrected chi connectivity index (χ1v) is 16.2. The van der Waals surface area contributed by atoms with Gasteiger partial charge >= 0.3 is 0 Å². The van der Waals surface area contributed by atoms with E-state index in [1.54, 1.807) is 13.8 Å². The number of furan rings is 1. The molecule has 1 unspecified atom stereocenters. The molecule has 5 nitrogen and oxygen atoms in total. The van der Waals surface area contributed by atoms with Crippen LogP contribution in [-0.4, -0.2) is 35.8 Å². The number of fused-ring (bicyclic) bond motifs is 3. The Kier molecular flexibility index (Phi) is 8.09. The molecular weight excluding hydrogens is 579 g/mol. The Bertz CT molecular complexity index is 2090. The number of ether oxygens (including phenoxy) is 1. The van der Waals surface area contributed by atoms with Gasteiger partial charge in [0, 0.05) is 23.0 Å². The maximum Gasteiger partial charge on any atom is 0.194 e. The summed E-state index contributed by atoms with van der Waals surface area (Å²) < 4.78 is 12.8. The van der Waals surface area contributed by atoms with Gasteiger partial charge in [0.1, 0.15) is 17.3 Å². The molecular formula is C41H39BN2O3. The molecule has 0 spiro atoms. The van der Waals surface area contributed by atoms with Crippen molar-refractivity contribution in [2.45, 2.75) is 45.1 Å². The van der Waals surface area contributed by atoms with E-state index in [1.807, 2.05) is 56.3 Å². The third kappa shape index (κ3) is 6.15. The van der Waals surface area contributed by atoms with Gasteiger partial charge in [-0.3, -0.25) is 4.99 Å². The van der Waals surface area contributed by atoms with E-state index in [0.29, 0.717) is 13.8 Å². The molecule has 2 N–H and O–H groups in total. The Labute approximate surface area is 276 Å². The average Bonchev–Trinajstić information content (AvgIpc) is 3.48. The Morgan fingerprint density at radius 3 is 2.11 bits per heavy atom. The summed E-state index contributed by atoms with van der Waals surface area (Å²) in [5.41, 5.74) is 8.60. The second-order valence-electron chi connectivity index (χ2n) is 13.2. The fourth-order valence-corrected chi connectivity index (χ4v) is 6.04. The summed E-state index contributed by atoms with van der Waals surface area (Å²) in [6.45, 7) is 7.87. The van der Waals surface area contributed by atoms with Gasteiger partial charge in [-0.25, -0.2) is 0 Å². The van der Waals surface area contributed by atoms with Crippen LogP contribution >= 0.6 is 0 Å². The highest BCUT2D eigenvalue weighted by Gasteiger charge is 2.36. The lowest BCUT2D eigenvalue weighted by Crippen LogP contribution is -2.48. The van der Waals surface area contributed by atoms with Gasteiger partial charge in [-0.05, 0) is 79.2 Å². The molecule has 0 bridgehead atoms. The predicted octanol–water partition coefficient (Wildman–Crippen LogP) is 7.97. The number of allylic oxidation sites excluding steroid dienone is 1. The lowest BCUT2D eigenvalue weighted by molar-refractivity contribution is -0.135. The van der Waals surface area contributed by atoms with Crippen molar-refractivity contribution in [1.82, 2.24) is 5.32 Å². The smallest absolute Gasteiger partial charge is 0.194 e. The zero-order valence-corrected chi connectivity index (χ0v) is 27.3. The fraction of sp³-hybridized carbons (Fsp3) is 0.195. The molecule has 1 atom stereocenters. The van der Waals surface area contributed by atoms with Crippen LogP contribution in [0.5, 0.6) is 0 Å². The van der Waals surface area contributed by atoms with Crippen molar-refractivity contribution in [1.29, 1.82) is 0 Å². The number of para-hydroxylation sites is 1. The summed E-state index contributed by atoms with van der Waals surface area (Å²) in [5.74, 6) is 0. The van der Waals surface area contributed by atoms with E-state index in [2.05, 4.69) is 90.3 Å².